The summed E-state index contributed by atoms with van der Waals surface area (Å²) in [4.78, 5) is 14.1. The fourth-order valence-corrected chi connectivity index (χ4v) is 3.43. The van der Waals surface area contributed by atoms with Gasteiger partial charge in [0.2, 0.25) is 11.8 Å². The maximum Gasteiger partial charge on any atom is 0.265 e. The molecule has 0 spiro atoms. The average molecular weight is 451 g/mol. The molecule has 0 bridgehead atoms. The van der Waals surface area contributed by atoms with Gasteiger partial charge in [-0.1, -0.05) is 30.2 Å². The number of hydrogen-bond donors (Lipinski definition) is 0. The summed E-state index contributed by atoms with van der Waals surface area (Å²) in [6.07, 6.45) is 7.11. The van der Waals surface area contributed by atoms with Gasteiger partial charge in [-0.25, -0.2) is 4.39 Å². The van der Waals surface area contributed by atoms with Gasteiger partial charge in [0.05, 0.1) is 12.6 Å². The number of alkyl halides is 1. The zero-order chi connectivity index (χ0) is 24.0. The van der Waals surface area contributed by atoms with Crippen LogP contribution in [-0.2, 0) is 16.0 Å². The second-order valence-corrected chi connectivity index (χ2v) is 8.28. The molecule has 0 aliphatic heterocycles. The summed E-state index contributed by atoms with van der Waals surface area (Å²) in [6.45, 7) is 7.06. The molecule has 0 saturated heterocycles. The van der Waals surface area contributed by atoms with E-state index in [2.05, 4.69) is 22.7 Å². The van der Waals surface area contributed by atoms with E-state index in [0.717, 1.165) is 5.56 Å². The number of aromatic nitrogens is 2. The average Bonchev–Trinajstić information content (AvgIpc) is 3.19. The first-order valence-electron chi connectivity index (χ1n) is 10.7. The van der Waals surface area contributed by atoms with Gasteiger partial charge in [-0.05, 0) is 45.2 Å². The van der Waals surface area contributed by atoms with Gasteiger partial charge in [0.15, 0.2) is 20.2 Å². The molecule has 0 N–H and O–H groups in total. The van der Waals surface area contributed by atoms with Crippen LogP contribution < -0.4 is 4.74 Å². The second kappa shape index (κ2) is 10.7. The number of benzene rings is 1. The van der Waals surface area contributed by atoms with Crippen molar-refractivity contribution in [3.05, 3.63) is 53.9 Å². The summed E-state index contributed by atoms with van der Waals surface area (Å²) in [5.41, 5.74) is 1.64. The van der Waals surface area contributed by atoms with Crippen LogP contribution in [0.4, 0.5) is 4.39 Å². The van der Waals surface area contributed by atoms with Crippen LogP contribution in [0.5, 0.6) is 5.75 Å². The van der Waals surface area contributed by atoms with Crippen molar-refractivity contribution in [3.63, 3.8) is 0 Å². The molecular formula is C24H27BFN3O4. The Labute approximate surface area is 194 Å². The van der Waals surface area contributed by atoms with Gasteiger partial charge in [-0.3, -0.25) is 4.79 Å². The standard InChI is InChI=1S/C24H27BFN3O4/c1-5-12-29(22(30)15-31-19-9-6-16(2)7-10-19)17(3)8-11-21-27-28-23(32-21)18-13-20(14-18)33-24(4,25)26/h1,6-7,9-10,18,20H,3,8,11-15H2,2,4H3. The molecule has 3 rings (SSSR count). The van der Waals surface area contributed by atoms with E-state index in [1.165, 1.54) is 11.8 Å². The topological polar surface area (TPSA) is 77.7 Å². The quantitative estimate of drug-likeness (QED) is 0.385. The summed E-state index contributed by atoms with van der Waals surface area (Å²) in [6, 6.07) is 7.42. The Morgan fingerprint density at radius 2 is 2.09 bits per heavy atom. The zero-order valence-electron chi connectivity index (χ0n) is 18.9. The Kier molecular flexibility index (Phi) is 7.93. The molecule has 1 aromatic heterocycles. The van der Waals surface area contributed by atoms with Gasteiger partial charge in [-0.15, -0.1) is 16.6 Å². The van der Waals surface area contributed by atoms with E-state index < -0.39 is 5.75 Å². The number of hydrogen-bond acceptors (Lipinski definition) is 6. The third-order valence-corrected chi connectivity index (χ3v) is 5.27. The predicted molar refractivity (Wildman–Crippen MR) is 121 cm³/mol. The first-order chi connectivity index (χ1) is 15.6. The summed E-state index contributed by atoms with van der Waals surface area (Å²) in [7, 11) is 5.23. The number of nitrogens with zero attached hydrogens (tertiary/aromatic N) is 3. The van der Waals surface area contributed by atoms with E-state index in [-0.39, 0.29) is 31.1 Å². The van der Waals surface area contributed by atoms with Crippen LogP contribution in [0.25, 0.3) is 0 Å². The second-order valence-electron chi connectivity index (χ2n) is 8.28. The SMILES string of the molecule is [B]C(C)(F)OC1CC(c2nnc(CCC(=C)N(CC#C)C(=O)COc3ccc(C)cc3)o2)C1. The van der Waals surface area contributed by atoms with Gasteiger partial charge in [0, 0.05) is 18.0 Å². The largest absolute Gasteiger partial charge is 0.484 e. The van der Waals surface area contributed by atoms with Crippen molar-refractivity contribution >= 4 is 13.8 Å². The number of allylic oxidation sites excluding steroid dienone is 1. The van der Waals surface area contributed by atoms with Crippen molar-refractivity contribution in [2.24, 2.45) is 0 Å². The fraction of sp³-hybridized carbons (Fsp3) is 0.458. The lowest BCUT2D eigenvalue weighted by Gasteiger charge is -2.36. The number of halogens is 1. The predicted octanol–water partition coefficient (Wildman–Crippen LogP) is 3.44. The zero-order valence-corrected chi connectivity index (χ0v) is 18.9. The molecule has 1 saturated carbocycles. The van der Waals surface area contributed by atoms with Crippen molar-refractivity contribution in [3.8, 4) is 18.1 Å². The number of terminal acetylenes is 1. The molecule has 1 aliphatic carbocycles. The van der Waals surface area contributed by atoms with Gasteiger partial charge in [0.1, 0.15) is 5.75 Å². The van der Waals surface area contributed by atoms with Gasteiger partial charge in [0.25, 0.3) is 5.91 Å². The minimum atomic E-state index is -2.15. The highest BCUT2D eigenvalue weighted by molar-refractivity contribution is 6.12. The number of aryl methyl sites for hydroxylation is 2. The number of carbonyl (C=O) groups is 1. The van der Waals surface area contributed by atoms with E-state index in [1.54, 1.807) is 12.1 Å². The van der Waals surface area contributed by atoms with Crippen molar-refractivity contribution in [1.29, 1.82) is 0 Å². The molecule has 1 aromatic carbocycles. The normalized spacial score (nSPS) is 19.1. The lowest BCUT2D eigenvalue weighted by molar-refractivity contribution is -0.139. The molecule has 7 nitrogen and oxygen atoms in total. The maximum atomic E-state index is 13.3. The Bertz CT molecular complexity index is 1000. The lowest BCUT2D eigenvalue weighted by Crippen LogP contribution is -2.37. The molecule has 1 aliphatic rings. The molecule has 1 atom stereocenters. The van der Waals surface area contributed by atoms with Crippen LogP contribution in [0, 0.1) is 19.3 Å². The number of amides is 1. The molecular weight excluding hydrogens is 424 g/mol. The fourth-order valence-electron chi connectivity index (χ4n) is 3.43. The number of carbonyl (C=O) groups excluding carboxylic acids is 1. The van der Waals surface area contributed by atoms with Crippen LogP contribution in [0.1, 0.15) is 49.4 Å². The van der Waals surface area contributed by atoms with Gasteiger partial charge >= 0.3 is 0 Å². The van der Waals surface area contributed by atoms with Crippen molar-refractivity contribution in [2.75, 3.05) is 13.2 Å². The lowest BCUT2D eigenvalue weighted by atomic mass is 9.81. The van der Waals surface area contributed by atoms with Crippen molar-refractivity contribution in [1.82, 2.24) is 15.1 Å². The van der Waals surface area contributed by atoms with Crippen molar-refractivity contribution in [2.45, 2.75) is 57.3 Å². The smallest absolute Gasteiger partial charge is 0.265 e. The summed E-state index contributed by atoms with van der Waals surface area (Å²) in [5.74, 6) is 1.56. The Morgan fingerprint density at radius 1 is 1.39 bits per heavy atom. The van der Waals surface area contributed by atoms with Crippen LogP contribution >= 0.6 is 0 Å². The van der Waals surface area contributed by atoms with E-state index in [0.29, 0.717) is 48.9 Å². The molecule has 33 heavy (non-hydrogen) atoms. The highest BCUT2D eigenvalue weighted by Gasteiger charge is 2.38. The first kappa shape index (κ1) is 24.5. The van der Waals surface area contributed by atoms with Crippen LogP contribution in [-0.4, -0.2) is 53.9 Å². The minimum absolute atomic E-state index is 0.0141. The van der Waals surface area contributed by atoms with Crippen molar-refractivity contribution < 1.29 is 23.1 Å². The highest BCUT2D eigenvalue weighted by atomic mass is 19.2. The molecule has 1 fully saturated rings. The first-order valence-corrected chi connectivity index (χ1v) is 10.7. The third kappa shape index (κ3) is 7.19. The van der Waals surface area contributed by atoms with E-state index >= 15 is 0 Å². The Hall–Kier alpha value is -3.12. The third-order valence-electron chi connectivity index (χ3n) is 5.27. The highest BCUT2D eigenvalue weighted by Crippen LogP contribution is 2.39. The summed E-state index contributed by atoms with van der Waals surface area (Å²) < 4.78 is 29.7. The molecule has 172 valence electrons. The Morgan fingerprint density at radius 3 is 2.73 bits per heavy atom. The van der Waals surface area contributed by atoms with E-state index in [9.17, 15) is 9.18 Å². The Balaban J connectivity index is 1.47. The van der Waals surface area contributed by atoms with Gasteiger partial charge in [-0.2, -0.15) is 0 Å². The van der Waals surface area contributed by atoms with Crippen LogP contribution in [0.15, 0.2) is 41.0 Å². The monoisotopic (exact) mass is 451 g/mol. The number of rotatable bonds is 11. The molecule has 2 aromatic rings. The minimum Gasteiger partial charge on any atom is -0.484 e. The molecule has 2 radical (unpaired) electrons. The van der Waals surface area contributed by atoms with Gasteiger partial charge < -0.3 is 18.8 Å². The van der Waals surface area contributed by atoms with E-state index in [4.69, 9.17) is 28.2 Å². The molecule has 1 unspecified atom stereocenters. The van der Waals surface area contributed by atoms with E-state index in [1.807, 2.05) is 19.1 Å². The maximum absolute atomic E-state index is 13.3. The number of ether oxygens (including phenoxy) is 2. The molecule has 1 amide bonds. The van der Waals surface area contributed by atoms with Crippen LogP contribution in [0.3, 0.4) is 0 Å². The van der Waals surface area contributed by atoms with Crippen LogP contribution in [0.2, 0.25) is 0 Å². The summed E-state index contributed by atoms with van der Waals surface area (Å²) >= 11 is 0. The summed E-state index contributed by atoms with van der Waals surface area (Å²) in [5, 5.41) is 8.13. The molecule has 1 heterocycles. The molecule has 9 heteroatoms.